The van der Waals surface area contributed by atoms with Crippen LogP contribution < -0.4 is 0 Å². The van der Waals surface area contributed by atoms with Crippen molar-refractivity contribution < 1.29 is 0 Å². The van der Waals surface area contributed by atoms with Gasteiger partial charge in [-0.05, 0) is 57.8 Å². The molecule has 0 spiro atoms. The van der Waals surface area contributed by atoms with Crippen LogP contribution in [-0.2, 0) is 13.0 Å². The first-order valence-electron chi connectivity index (χ1n) is 7.16. The highest BCUT2D eigenvalue weighted by molar-refractivity contribution is 14.1. The third-order valence-electron chi connectivity index (χ3n) is 4.18. The number of halogens is 1. The van der Waals surface area contributed by atoms with Crippen LogP contribution in [0, 0.1) is 3.57 Å². The minimum atomic E-state index is 0.616. The number of benzene rings is 2. The Kier molecular flexibility index (Phi) is 3.30. The molecular formula is C18H15IN2. The molecule has 0 fully saturated rings. The second-order valence-corrected chi connectivity index (χ2v) is 6.80. The summed E-state index contributed by atoms with van der Waals surface area (Å²) < 4.78 is 3.34. The van der Waals surface area contributed by atoms with Gasteiger partial charge in [-0.1, -0.05) is 36.4 Å². The number of rotatable bonds is 3. The lowest BCUT2D eigenvalue weighted by Crippen LogP contribution is -2.22. The van der Waals surface area contributed by atoms with Crippen LogP contribution in [0.2, 0.25) is 0 Å². The molecule has 1 aliphatic carbocycles. The van der Waals surface area contributed by atoms with E-state index in [1.807, 2.05) is 6.20 Å². The second kappa shape index (κ2) is 5.30. The van der Waals surface area contributed by atoms with Gasteiger partial charge < -0.3 is 0 Å². The van der Waals surface area contributed by atoms with Gasteiger partial charge in [-0.3, -0.25) is 4.68 Å². The molecule has 0 N–H and O–H groups in total. The van der Waals surface area contributed by atoms with Crippen molar-refractivity contribution in [3.05, 3.63) is 75.6 Å². The van der Waals surface area contributed by atoms with E-state index in [1.54, 1.807) is 0 Å². The van der Waals surface area contributed by atoms with Gasteiger partial charge in [-0.2, -0.15) is 5.10 Å². The van der Waals surface area contributed by atoms with Crippen LogP contribution in [-0.4, -0.2) is 9.78 Å². The Morgan fingerprint density at radius 1 is 1.05 bits per heavy atom. The lowest BCUT2D eigenvalue weighted by molar-refractivity contribution is 0.475. The predicted octanol–water partition coefficient (Wildman–Crippen LogP) is 4.49. The summed E-state index contributed by atoms with van der Waals surface area (Å²) in [6.07, 6.45) is 5.30. The highest BCUT2D eigenvalue weighted by Gasteiger charge is 2.25. The van der Waals surface area contributed by atoms with Gasteiger partial charge in [0.25, 0.3) is 0 Å². The number of nitrogens with zero attached hydrogens (tertiary/aromatic N) is 2. The van der Waals surface area contributed by atoms with Crippen molar-refractivity contribution in [2.45, 2.75) is 18.9 Å². The maximum atomic E-state index is 4.52. The van der Waals surface area contributed by atoms with Gasteiger partial charge in [0.05, 0.1) is 6.20 Å². The Morgan fingerprint density at radius 2 is 1.86 bits per heavy atom. The molecule has 3 heteroatoms. The van der Waals surface area contributed by atoms with Gasteiger partial charge in [0, 0.05) is 27.8 Å². The molecule has 0 bridgehead atoms. The average molecular weight is 386 g/mol. The fourth-order valence-electron chi connectivity index (χ4n) is 3.01. The molecule has 0 amide bonds. The van der Waals surface area contributed by atoms with E-state index in [0.29, 0.717) is 5.92 Å². The van der Waals surface area contributed by atoms with Crippen LogP contribution in [0.5, 0.6) is 0 Å². The zero-order valence-electron chi connectivity index (χ0n) is 11.5. The quantitative estimate of drug-likeness (QED) is 0.607. The smallest absolute Gasteiger partial charge is 0.0568 e. The zero-order chi connectivity index (χ0) is 14.2. The molecular weight excluding hydrogens is 371 g/mol. The van der Waals surface area contributed by atoms with Crippen LogP contribution in [0.3, 0.4) is 0 Å². The predicted molar refractivity (Wildman–Crippen MR) is 93.3 cm³/mol. The van der Waals surface area contributed by atoms with Crippen molar-refractivity contribution in [2.24, 2.45) is 0 Å². The van der Waals surface area contributed by atoms with Gasteiger partial charge in [0.1, 0.15) is 0 Å². The summed E-state index contributed by atoms with van der Waals surface area (Å²) in [5.74, 6) is 0.616. The van der Waals surface area contributed by atoms with Gasteiger partial charge in [0.2, 0.25) is 0 Å². The fraction of sp³-hybridized carbons (Fsp3) is 0.167. The van der Waals surface area contributed by atoms with E-state index < -0.39 is 0 Å². The Labute approximate surface area is 138 Å². The van der Waals surface area contributed by atoms with Crippen molar-refractivity contribution in [1.82, 2.24) is 9.78 Å². The third-order valence-corrected chi connectivity index (χ3v) is 4.90. The lowest BCUT2D eigenvalue weighted by Gasteiger charge is -2.29. The van der Waals surface area contributed by atoms with Crippen LogP contribution in [0.25, 0.3) is 11.1 Å². The highest BCUT2D eigenvalue weighted by atomic mass is 127. The first kappa shape index (κ1) is 13.1. The summed E-state index contributed by atoms with van der Waals surface area (Å²) in [6.45, 7) is 0.974. The molecule has 1 aromatic heterocycles. The summed E-state index contributed by atoms with van der Waals surface area (Å²) in [7, 11) is 0. The van der Waals surface area contributed by atoms with Crippen molar-refractivity contribution in [1.29, 1.82) is 0 Å². The minimum Gasteiger partial charge on any atom is -0.271 e. The molecule has 1 atom stereocenters. The van der Waals surface area contributed by atoms with Crippen molar-refractivity contribution in [2.75, 3.05) is 0 Å². The molecule has 0 saturated heterocycles. The summed E-state index contributed by atoms with van der Waals surface area (Å²) >= 11 is 2.33. The molecule has 21 heavy (non-hydrogen) atoms. The molecule has 1 unspecified atom stereocenters. The number of aromatic nitrogens is 2. The van der Waals surface area contributed by atoms with Gasteiger partial charge in [-0.25, -0.2) is 0 Å². The van der Waals surface area contributed by atoms with E-state index in [1.165, 1.54) is 32.2 Å². The lowest BCUT2D eigenvalue weighted by atomic mass is 9.78. The summed E-state index contributed by atoms with van der Waals surface area (Å²) in [5.41, 5.74) is 5.41. The fourth-order valence-corrected chi connectivity index (χ4v) is 3.37. The molecule has 104 valence electrons. The molecule has 0 aliphatic heterocycles. The molecule has 2 aromatic carbocycles. The second-order valence-electron chi connectivity index (χ2n) is 5.56. The topological polar surface area (TPSA) is 17.8 Å². The van der Waals surface area contributed by atoms with E-state index in [9.17, 15) is 0 Å². The number of hydrogen-bond acceptors (Lipinski definition) is 1. The Hall–Kier alpha value is -1.62. The molecule has 1 heterocycles. The monoisotopic (exact) mass is 386 g/mol. The van der Waals surface area contributed by atoms with Crippen LogP contribution in [0.15, 0.2) is 60.9 Å². The largest absolute Gasteiger partial charge is 0.271 e. The summed E-state index contributed by atoms with van der Waals surface area (Å²) in [6, 6.07) is 17.3. The first-order valence-corrected chi connectivity index (χ1v) is 8.24. The van der Waals surface area contributed by atoms with E-state index in [4.69, 9.17) is 0 Å². The van der Waals surface area contributed by atoms with Gasteiger partial charge >= 0.3 is 0 Å². The van der Waals surface area contributed by atoms with E-state index >= 15 is 0 Å². The van der Waals surface area contributed by atoms with E-state index in [0.717, 1.165) is 6.54 Å². The molecule has 2 nitrogen and oxygen atoms in total. The number of fused-ring (bicyclic) bond motifs is 1. The van der Waals surface area contributed by atoms with Crippen LogP contribution >= 0.6 is 22.6 Å². The normalized spacial score (nSPS) is 16.3. The van der Waals surface area contributed by atoms with E-state index in [2.05, 4.69) is 87.1 Å². The van der Waals surface area contributed by atoms with E-state index in [-0.39, 0.29) is 0 Å². The molecule has 3 aromatic rings. The molecule has 1 aliphatic rings. The highest BCUT2D eigenvalue weighted by Crippen LogP contribution is 2.36. The van der Waals surface area contributed by atoms with Crippen LogP contribution in [0.1, 0.15) is 17.0 Å². The number of hydrogen-bond donors (Lipinski definition) is 0. The minimum absolute atomic E-state index is 0.616. The average Bonchev–Trinajstić information content (AvgIpc) is 2.94. The third kappa shape index (κ3) is 2.50. The standard InChI is InChI=1S/C18H15IN2/c19-17-7-5-13(6-8-17)16-10-20-21(12-16)11-15-9-14-3-1-2-4-18(14)15/h1-8,10,12,15H,9,11H2. The Balaban J connectivity index is 1.52. The van der Waals surface area contributed by atoms with Crippen molar-refractivity contribution in [3.63, 3.8) is 0 Å². The Morgan fingerprint density at radius 3 is 2.67 bits per heavy atom. The van der Waals surface area contributed by atoms with Crippen molar-refractivity contribution in [3.8, 4) is 11.1 Å². The molecule has 4 rings (SSSR count). The maximum absolute atomic E-state index is 4.52. The SMILES string of the molecule is Ic1ccc(-c2cnn(CC3Cc4ccccc43)c2)cc1. The molecule has 0 radical (unpaired) electrons. The van der Waals surface area contributed by atoms with Gasteiger partial charge in [0.15, 0.2) is 0 Å². The van der Waals surface area contributed by atoms with Crippen LogP contribution in [0.4, 0.5) is 0 Å². The van der Waals surface area contributed by atoms with Gasteiger partial charge in [-0.15, -0.1) is 0 Å². The first-order chi connectivity index (χ1) is 10.3. The zero-order valence-corrected chi connectivity index (χ0v) is 13.7. The molecule has 0 saturated carbocycles. The van der Waals surface area contributed by atoms with Crippen molar-refractivity contribution >= 4 is 22.6 Å². The summed E-state index contributed by atoms with van der Waals surface area (Å²) in [4.78, 5) is 0. The summed E-state index contributed by atoms with van der Waals surface area (Å²) in [5, 5.41) is 4.52. The maximum Gasteiger partial charge on any atom is 0.0568 e. The Bertz CT molecular complexity index is 774.